The molecule has 0 saturated heterocycles. The number of rotatable bonds is 6. The van der Waals surface area contributed by atoms with E-state index in [1.807, 2.05) is 30.3 Å². The molecule has 1 aromatic heterocycles. The molecule has 6 nitrogen and oxygen atoms in total. The first-order valence-corrected chi connectivity index (χ1v) is 11.6. The Bertz CT molecular complexity index is 1390. The van der Waals surface area contributed by atoms with Gasteiger partial charge < -0.3 is 9.47 Å². The third kappa shape index (κ3) is 5.08. The van der Waals surface area contributed by atoms with Crippen molar-refractivity contribution in [2.24, 2.45) is 5.10 Å². The second kappa shape index (κ2) is 10.2. The van der Waals surface area contributed by atoms with Gasteiger partial charge in [0.25, 0.3) is 5.91 Å². The number of nitrogens with zero attached hydrogens (tertiary/aromatic N) is 1. The van der Waals surface area contributed by atoms with Crippen LogP contribution in [0.25, 0.3) is 10.1 Å². The summed E-state index contributed by atoms with van der Waals surface area (Å²) in [6, 6.07) is 19.5. The standard InChI is InChI=1S/C24H16BrClN2O4S/c1-31-19-12-14(13-27-28-23(29)15-6-2-4-8-17(15)25)10-11-18(19)32-24(30)22-21(26)16-7-3-5-9-20(16)33-22/h2-13H,1H3,(H,28,29)/b27-13+. The molecule has 0 fully saturated rings. The highest BCUT2D eigenvalue weighted by Gasteiger charge is 2.20. The van der Waals surface area contributed by atoms with Gasteiger partial charge in [-0.2, -0.15) is 5.10 Å². The van der Waals surface area contributed by atoms with Crippen LogP contribution in [0.1, 0.15) is 25.6 Å². The SMILES string of the molecule is COc1cc(/C=N/NC(=O)c2ccccc2Br)ccc1OC(=O)c1sc2ccccc2c1Cl. The molecule has 9 heteroatoms. The zero-order valence-corrected chi connectivity index (χ0v) is 20.3. The molecule has 0 aliphatic carbocycles. The number of esters is 1. The van der Waals surface area contributed by atoms with E-state index in [9.17, 15) is 9.59 Å². The average Bonchev–Trinajstić information content (AvgIpc) is 3.17. The predicted octanol–water partition coefficient (Wildman–Crippen LogP) is 6.31. The molecule has 4 aromatic rings. The zero-order valence-electron chi connectivity index (χ0n) is 17.2. The van der Waals surface area contributed by atoms with Gasteiger partial charge in [-0.3, -0.25) is 4.79 Å². The summed E-state index contributed by atoms with van der Waals surface area (Å²) in [5.74, 6) is -0.342. The third-order valence-electron chi connectivity index (χ3n) is 4.61. The predicted molar refractivity (Wildman–Crippen MR) is 134 cm³/mol. The fraction of sp³-hybridized carbons (Fsp3) is 0.0417. The van der Waals surface area contributed by atoms with Gasteiger partial charge in [0.15, 0.2) is 11.5 Å². The molecule has 0 spiro atoms. The summed E-state index contributed by atoms with van der Waals surface area (Å²) in [7, 11) is 1.47. The van der Waals surface area contributed by atoms with E-state index in [4.69, 9.17) is 21.1 Å². The van der Waals surface area contributed by atoms with Crippen molar-refractivity contribution in [2.75, 3.05) is 7.11 Å². The number of fused-ring (bicyclic) bond motifs is 1. The van der Waals surface area contributed by atoms with Gasteiger partial charge in [-0.05, 0) is 57.9 Å². The number of ether oxygens (including phenoxy) is 2. The number of benzene rings is 3. The lowest BCUT2D eigenvalue weighted by atomic mass is 10.2. The molecule has 0 aliphatic rings. The van der Waals surface area contributed by atoms with Crippen LogP contribution < -0.4 is 14.9 Å². The minimum atomic E-state index is -0.568. The van der Waals surface area contributed by atoms with Crippen molar-refractivity contribution < 1.29 is 19.1 Å². The van der Waals surface area contributed by atoms with E-state index >= 15 is 0 Å². The molecular weight excluding hydrogens is 528 g/mol. The molecule has 1 N–H and O–H groups in total. The maximum Gasteiger partial charge on any atom is 0.355 e. The summed E-state index contributed by atoms with van der Waals surface area (Å²) in [6.07, 6.45) is 1.46. The van der Waals surface area contributed by atoms with E-state index < -0.39 is 5.97 Å². The Hall–Kier alpha value is -3.20. The average molecular weight is 544 g/mol. The minimum Gasteiger partial charge on any atom is -0.493 e. The summed E-state index contributed by atoms with van der Waals surface area (Å²) in [5, 5.41) is 5.15. The Morgan fingerprint density at radius 3 is 2.58 bits per heavy atom. The first-order valence-electron chi connectivity index (χ1n) is 9.63. The van der Waals surface area contributed by atoms with Crippen LogP contribution in [0.5, 0.6) is 11.5 Å². The van der Waals surface area contributed by atoms with E-state index in [1.54, 1.807) is 36.4 Å². The van der Waals surface area contributed by atoms with Crippen molar-refractivity contribution in [3.8, 4) is 11.5 Å². The molecule has 3 aromatic carbocycles. The highest BCUT2D eigenvalue weighted by atomic mass is 79.9. The van der Waals surface area contributed by atoms with Crippen molar-refractivity contribution in [3.63, 3.8) is 0 Å². The van der Waals surface area contributed by atoms with Gasteiger partial charge in [0.05, 0.1) is 23.9 Å². The fourth-order valence-corrected chi connectivity index (χ4v) is 4.86. The van der Waals surface area contributed by atoms with Crippen LogP contribution >= 0.6 is 38.9 Å². The van der Waals surface area contributed by atoms with Crippen molar-refractivity contribution in [2.45, 2.75) is 0 Å². The van der Waals surface area contributed by atoms with Crippen LogP contribution in [0, 0.1) is 0 Å². The summed E-state index contributed by atoms with van der Waals surface area (Å²) >= 11 is 11.0. The number of hydrogen-bond donors (Lipinski definition) is 1. The fourth-order valence-electron chi connectivity index (χ4n) is 3.01. The number of hydrogen-bond acceptors (Lipinski definition) is 6. The van der Waals surface area contributed by atoms with Crippen LogP contribution in [0.15, 0.2) is 76.3 Å². The van der Waals surface area contributed by atoms with Crippen LogP contribution in [0.2, 0.25) is 5.02 Å². The second-order valence-electron chi connectivity index (χ2n) is 6.72. The van der Waals surface area contributed by atoms with Gasteiger partial charge in [-0.25, -0.2) is 10.2 Å². The molecule has 1 amide bonds. The molecule has 166 valence electrons. The normalized spacial score (nSPS) is 11.0. The Morgan fingerprint density at radius 2 is 1.82 bits per heavy atom. The number of amides is 1. The summed E-state index contributed by atoms with van der Waals surface area (Å²) in [5.41, 5.74) is 3.58. The van der Waals surface area contributed by atoms with E-state index in [0.717, 1.165) is 10.1 Å². The van der Waals surface area contributed by atoms with Gasteiger partial charge in [-0.1, -0.05) is 41.9 Å². The zero-order chi connectivity index (χ0) is 23.4. The first-order chi connectivity index (χ1) is 16.0. The van der Waals surface area contributed by atoms with E-state index in [-0.39, 0.29) is 11.7 Å². The lowest BCUT2D eigenvalue weighted by molar-refractivity contribution is 0.0734. The lowest BCUT2D eigenvalue weighted by Gasteiger charge is -2.09. The van der Waals surface area contributed by atoms with Crippen molar-refractivity contribution >= 4 is 67.0 Å². The molecule has 1 heterocycles. The highest BCUT2D eigenvalue weighted by Crippen LogP contribution is 2.37. The molecule has 0 unspecified atom stereocenters. The Balaban J connectivity index is 1.48. The van der Waals surface area contributed by atoms with Gasteiger partial charge in [0.1, 0.15) is 4.88 Å². The minimum absolute atomic E-state index is 0.241. The van der Waals surface area contributed by atoms with Crippen LogP contribution in [-0.4, -0.2) is 25.2 Å². The van der Waals surface area contributed by atoms with Crippen LogP contribution in [0.4, 0.5) is 0 Å². The van der Waals surface area contributed by atoms with Crippen molar-refractivity contribution in [3.05, 3.63) is 92.2 Å². The maximum atomic E-state index is 12.7. The monoisotopic (exact) mass is 542 g/mol. The smallest absolute Gasteiger partial charge is 0.355 e. The van der Waals surface area contributed by atoms with E-state index in [1.165, 1.54) is 24.7 Å². The first kappa shape index (κ1) is 23.0. The number of carbonyl (C=O) groups is 2. The molecule has 0 saturated carbocycles. The molecule has 33 heavy (non-hydrogen) atoms. The number of thiophene rings is 1. The van der Waals surface area contributed by atoms with Crippen molar-refractivity contribution in [1.29, 1.82) is 0 Å². The highest BCUT2D eigenvalue weighted by molar-refractivity contribution is 9.10. The number of nitrogens with one attached hydrogen (secondary N) is 1. The number of methoxy groups -OCH3 is 1. The van der Waals surface area contributed by atoms with Gasteiger partial charge >= 0.3 is 5.97 Å². The van der Waals surface area contributed by atoms with Gasteiger partial charge in [0.2, 0.25) is 0 Å². The molecule has 4 rings (SSSR count). The molecule has 0 radical (unpaired) electrons. The van der Waals surface area contributed by atoms with Crippen molar-refractivity contribution in [1.82, 2.24) is 5.43 Å². The van der Waals surface area contributed by atoms with Gasteiger partial charge in [0, 0.05) is 14.6 Å². The summed E-state index contributed by atoms with van der Waals surface area (Å²) in [4.78, 5) is 25.3. The van der Waals surface area contributed by atoms with E-state index in [0.29, 0.717) is 31.2 Å². The number of carbonyl (C=O) groups excluding carboxylic acids is 2. The molecule has 0 bridgehead atoms. The quantitative estimate of drug-likeness (QED) is 0.134. The Kier molecular flexibility index (Phi) is 7.08. The molecule has 0 aliphatic heterocycles. The van der Waals surface area contributed by atoms with Crippen LogP contribution in [0.3, 0.4) is 0 Å². The molecular formula is C24H16BrClN2O4S. The Labute approximate surface area is 206 Å². The third-order valence-corrected chi connectivity index (χ3v) is 6.96. The summed E-state index contributed by atoms with van der Waals surface area (Å²) in [6.45, 7) is 0. The number of hydrazone groups is 1. The lowest BCUT2D eigenvalue weighted by Crippen LogP contribution is -2.18. The van der Waals surface area contributed by atoms with Gasteiger partial charge in [-0.15, -0.1) is 11.3 Å². The second-order valence-corrected chi connectivity index (χ2v) is 9.00. The number of halogens is 2. The summed E-state index contributed by atoms with van der Waals surface area (Å²) < 4.78 is 12.5. The van der Waals surface area contributed by atoms with Crippen LogP contribution in [-0.2, 0) is 0 Å². The van der Waals surface area contributed by atoms with E-state index in [2.05, 4.69) is 26.5 Å². The maximum absolute atomic E-state index is 12.7. The Morgan fingerprint density at radius 1 is 1.06 bits per heavy atom. The molecule has 0 atom stereocenters. The largest absolute Gasteiger partial charge is 0.493 e. The topological polar surface area (TPSA) is 77.0 Å².